The van der Waals surface area contributed by atoms with E-state index in [1.807, 2.05) is 20.9 Å². The predicted molar refractivity (Wildman–Crippen MR) is 83.9 cm³/mol. The highest BCUT2D eigenvalue weighted by Crippen LogP contribution is 2.38. The second-order valence-corrected chi connectivity index (χ2v) is 5.81. The molecule has 0 N–H and O–H groups in total. The number of carbonyl (C=O) groups excluding carboxylic acids is 1. The number of ether oxygens (including phenoxy) is 1. The number of nitriles is 1. The van der Waals surface area contributed by atoms with Crippen LogP contribution < -0.4 is 4.74 Å². The maximum atomic E-state index is 14.3. The van der Waals surface area contributed by atoms with Gasteiger partial charge in [-0.05, 0) is 19.9 Å². The minimum atomic E-state index is -0.851. The van der Waals surface area contributed by atoms with E-state index in [0.29, 0.717) is 5.56 Å². The molecular weight excluding hydrogens is 311 g/mol. The highest BCUT2D eigenvalue weighted by atomic mass is 19.1. The third kappa shape index (κ3) is 2.22. The molecule has 0 saturated heterocycles. The first kappa shape index (κ1) is 16.0. The molecule has 0 radical (unpaired) electrons. The van der Waals surface area contributed by atoms with Crippen molar-refractivity contribution in [3.63, 3.8) is 0 Å². The summed E-state index contributed by atoms with van der Waals surface area (Å²) in [5.41, 5.74) is 2.85. The maximum Gasteiger partial charge on any atom is 0.258 e. The van der Waals surface area contributed by atoms with Gasteiger partial charge in [0.25, 0.3) is 5.91 Å². The number of halogens is 1. The average molecular weight is 328 g/mol. The van der Waals surface area contributed by atoms with Crippen molar-refractivity contribution >= 4 is 5.91 Å². The molecule has 1 aliphatic heterocycles. The fourth-order valence-electron chi connectivity index (χ4n) is 3.11. The van der Waals surface area contributed by atoms with E-state index in [1.165, 1.54) is 12.0 Å². The minimum absolute atomic E-state index is 0.0541. The Morgan fingerprint density at radius 1 is 1.42 bits per heavy atom. The molecule has 24 heavy (non-hydrogen) atoms. The molecule has 2 aromatic rings. The highest BCUT2D eigenvalue weighted by Gasteiger charge is 2.40. The molecular formula is C17H17FN4O2. The molecule has 7 heteroatoms. The molecule has 0 saturated carbocycles. The van der Waals surface area contributed by atoms with Gasteiger partial charge in [-0.2, -0.15) is 10.4 Å². The fraction of sp³-hybridized carbons (Fsp3) is 0.353. The second kappa shape index (κ2) is 5.64. The van der Waals surface area contributed by atoms with Crippen molar-refractivity contribution in [2.24, 2.45) is 7.05 Å². The number of hydrogen-bond donors (Lipinski definition) is 0. The monoisotopic (exact) mass is 328 g/mol. The first-order valence-corrected chi connectivity index (χ1v) is 7.46. The van der Waals surface area contributed by atoms with Crippen molar-refractivity contribution in [2.45, 2.75) is 26.4 Å². The third-order valence-corrected chi connectivity index (χ3v) is 4.52. The lowest BCUT2D eigenvalue weighted by molar-refractivity contribution is 0.0740. The van der Waals surface area contributed by atoms with Gasteiger partial charge >= 0.3 is 0 Å². The fourth-order valence-corrected chi connectivity index (χ4v) is 3.11. The lowest BCUT2D eigenvalue weighted by atomic mass is 10.0. The zero-order valence-corrected chi connectivity index (χ0v) is 13.9. The van der Waals surface area contributed by atoms with Crippen molar-refractivity contribution in [2.75, 3.05) is 7.11 Å². The number of rotatable bonds is 3. The predicted octanol–water partition coefficient (Wildman–Crippen LogP) is 2.41. The Kier molecular flexibility index (Phi) is 3.76. The molecule has 124 valence electrons. The van der Waals surface area contributed by atoms with E-state index >= 15 is 0 Å². The standard InChI is InChI=1S/C17H17FN4O2/c1-9-13(10(2)21(3)20-9)8-22-15(7-19)12-5-11(24-4)6-14(18)16(12)17(22)23/h5-6,15H,8H2,1-4H3. The number of carbonyl (C=O) groups is 1. The van der Waals surface area contributed by atoms with Crippen LogP contribution in [0.4, 0.5) is 4.39 Å². The van der Waals surface area contributed by atoms with Crippen molar-refractivity contribution < 1.29 is 13.9 Å². The molecule has 6 nitrogen and oxygen atoms in total. The van der Waals surface area contributed by atoms with E-state index in [1.54, 1.807) is 10.7 Å². The van der Waals surface area contributed by atoms with Gasteiger partial charge in [-0.25, -0.2) is 4.39 Å². The normalized spacial score (nSPS) is 16.2. The average Bonchev–Trinajstić information content (AvgIpc) is 2.95. The maximum absolute atomic E-state index is 14.3. The molecule has 1 aliphatic rings. The van der Waals surface area contributed by atoms with E-state index in [-0.39, 0.29) is 17.9 Å². The van der Waals surface area contributed by atoms with Crippen molar-refractivity contribution in [3.05, 3.63) is 46.0 Å². The Labute approximate surface area is 139 Å². The summed E-state index contributed by atoms with van der Waals surface area (Å²) in [4.78, 5) is 14.1. The number of benzene rings is 1. The van der Waals surface area contributed by atoms with E-state index in [0.717, 1.165) is 23.0 Å². The molecule has 0 spiro atoms. The van der Waals surface area contributed by atoms with Gasteiger partial charge < -0.3 is 9.64 Å². The molecule has 0 aliphatic carbocycles. The molecule has 1 aromatic heterocycles. The van der Waals surface area contributed by atoms with Gasteiger partial charge in [0.15, 0.2) is 0 Å². The topological polar surface area (TPSA) is 71.2 Å². The van der Waals surface area contributed by atoms with Gasteiger partial charge in [-0.1, -0.05) is 0 Å². The molecule has 1 atom stereocenters. The summed E-state index contributed by atoms with van der Waals surface area (Å²) in [6.45, 7) is 3.95. The molecule has 3 rings (SSSR count). The van der Waals surface area contributed by atoms with Crippen LogP contribution in [0.25, 0.3) is 0 Å². The summed E-state index contributed by atoms with van der Waals surface area (Å²) in [6, 6.07) is 3.96. The van der Waals surface area contributed by atoms with Gasteiger partial charge in [0.1, 0.15) is 17.6 Å². The van der Waals surface area contributed by atoms with Crippen LogP contribution in [0.1, 0.15) is 38.9 Å². The van der Waals surface area contributed by atoms with Gasteiger partial charge in [0.2, 0.25) is 0 Å². The summed E-state index contributed by atoms with van der Waals surface area (Å²) in [6.07, 6.45) is 0. The van der Waals surface area contributed by atoms with E-state index in [4.69, 9.17) is 4.74 Å². The van der Waals surface area contributed by atoms with Crippen LogP contribution in [-0.4, -0.2) is 27.7 Å². The zero-order chi connectivity index (χ0) is 17.6. The van der Waals surface area contributed by atoms with Crippen LogP contribution in [-0.2, 0) is 13.6 Å². The molecule has 0 bridgehead atoms. The molecule has 1 aromatic carbocycles. The van der Waals surface area contributed by atoms with Gasteiger partial charge in [0.05, 0.1) is 31.0 Å². The molecule has 2 heterocycles. The SMILES string of the molecule is COc1cc(F)c2c(c1)C(C#N)N(Cc1c(C)nn(C)c1C)C2=O. The summed E-state index contributed by atoms with van der Waals surface area (Å²) >= 11 is 0. The van der Waals surface area contributed by atoms with Gasteiger partial charge in [-0.15, -0.1) is 0 Å². The first-order chi connectivity index (χ1) is 11.4. The van der Waals surface area contributed by atoms with E-state index in [2.05, 4.69) is 11.2 Å². The smallest absolute Gasteiger partial charge is 0.258 e. The summed E-state index contributed by atoms with van der Waals surface area (Å²) in [5.74, 6) is -0.869. The minimum Gasteiger partial charge on any atom is -0.497 e. The molecule has 1 amide bonds. The van der Waals surface area contributed by atoms with Crippen LogP contribution in [0.5, 0.6) is 5.75 Å². The number of hydrogen-bond acceptors (Lipinski definition) is 4. The second-order valence-electron chi connectivity index (χ2n) is 5.81. The van der Waals surface area contributed by atoms with Crippen LogP contribution >= 0.6 is 0 Å². The van der Waals surface area contributed by atoms with Crippen LogP contribution in [0.15, 0.2) is 12.1 Å². The quantitative estimate of drug-likeness (QED) is 0.867. The number of nitrogens with zero attached hydrogens (tertiary/aromatic N) is 4. The molecule has 0 fully saturated rings. The first-order valence-electron chi connectivity index (χ1n) is 7.46. The third-order valence-electron chi connectivity index (χ3n) is 4.52. The highest BCUT2D eigenvalue weighted by molar-refractivity contribution is 6.00. The summed E-state index contributed by atoms with van der Waals surface area (Å²) < 4.78 is 21.1. The number of aromatic nitrogens is 2. The number of fused-ring (bicyclic) bond motifs is 1. The van der Waals surface area contributed by atoms with E-state index < -0.39 is 17.8 Å². The van der Waals surface area contributed by atoms with Crippen LogP contribution in [0.3, 0.4) is 0 Å². The van der Waals surface area contributed by atoms with E-state index in [9.17, 15) is 14.4 Å². The largest absolute Gasteiger partial charge is 0.497 e. The number of aryl methyl sites for hydroxylation is 2. The summed E-state index contributed by atoms with van der Waals surface area (Å²) in [7, 11) is 3.23. The Morgan fingerprint density at radius 2 is 2.12 bits per heavy atom. The summed E-state index contributed by atoms with van der Waals surface area (Å²) in [5, 5.41) is 13.9. The van der Waals surface area contributed by atoms with Crippen molar-refractivity contribution in [1.82, 2.24) is 14.7 Å². The van der Waals surface area contributed by atoms with Crippen molar-refractivity contribution in [3.8, 4) is 11.8 Å². The number of amides is 1. The van der Waals surface area contributed by atoms with Crippen molar-refractivity contribution in [1.29, 1.82) is 5.26 Å². The van der Waals surface area contributed by atoms with Crippen LogP contribution in [0, 0.1) is 31.0 Å². The Hall–Kier alpha value is -2.88. The Morgan fingerprint density at radius 3 is 2.67 bits per heavy atom. The Balaban J connectivity index is 2.06. The lowest BCUT2D eigenvalue weighted by Crippen LogP contribution is -2.27. The molecule has 1 unspecified atom stereocenters. The zero-order valence-electron chi connectivity index (χ0n) is 13.9. The number of methoxy groups -OCH3 is 1. The van der Waals surface area contributed by atoms with Gasteiger partial charge in [-0.3, -0.25) is 9.48 Å². The Bertz CT molecular complexity index is 882. The van der Waals surface area contributed by atoms with Gasteiger partial charge in [0, 0.05) is 29.9 Å². The lowest BCUT2D eigenvalue weighted by Gasteiger charge is -2.20. The van der Waals surface area contributed by atoms with Crippen LogP contribution in [0.2, 0.25) is 0 Å².